The van der Waals surface area contributed by atoms with E-state index in [2.05, 4.69) is 428 Å². The van der Waals surface area contributed by atoms with E-state index >= 15 is 0 Å². The van der Waals surface area contributed by atoms with Gasteiger partial charge in [-0.25, -0.2) is 0 Å². The first-order chi connectivity index (χ1) is 62.8. The quantitative estimate of drug-likeness (QED) is 0.0656. The fraction of sp³-hybridized carbons (Fsp3) is 0.954. The average molecular weight is 1950 g/mol. The Hall–Kier alpha value is -1.02. The van der Waals surface area contributed by atoms with E-state index in [4.69, 9.17) is 19.3 Å². The summed E-state index contributed by atoms with van der Waals surface area (Å²) < 4.78 is 15.8. The minimum atomic E-state index is 0.352. The second kappa shape index (κ2) is 98.3. The predicted octanol–water partition coefficient (Wildman–Crippen LogP) is 42.1. The van der Waals surface area contributed by atoms with Crippen LogP contribution in [0.15, 0.2) is 30.3 Å². The zero-order valence-electron chi connectivity index (χ0n) is 107. The highest BCUT2D eigenvalue weighted by Gasteiger charge is 2.38. The SMILES string of the molecule is CC(C)CC(C)(C)CC(C)C.CC(C)CC(C)CC(C)C.CC(C)CC(C)N(C)CC(C)C.CC(C)CC(Cc1ccccc1)CC(C)C.CC(C)CCC(C)(C)CC(C)C.CC(C)CCC(CO)C(C)C.CC(C)CCC1CC1C(C)C.CC(C)CCCC(C)C.CC(C)CCN(C)CC(C)C.CC(C)CCOCC(C)C.COCC(CCC(C)C)C(C)C.COCC(CCC(C)C)C(C)C. The third-order valence-electron chi connectivity index (χ3n) is 26.0. The molecule has 6 nitrogen and oxygen atoms in total. The van der Waals surface area contributed by atoms with Gasteiger partial charge < -0.3 is 29.1 Å². The van der Waals surface area contributed by atoms with E-state index in [1.54, 1.807) is 14.2 Å². The van der Waals surface area contributed by atoms with E-state index in [0.29, 0.717) is 35.2 Å². The molecular weight excluding hydrogens is 1670 g/mol. The summed E-state index contributed by atoms with van der Waals surface area (Å²) in [4.78, 5) is 4.88. The first-order valence-electron chi connectivity index (χ1n) is 59.4. The molecule has 6 heteroatoms. The normalized spacial score (nSPS) is 14.3. The van der Waals surface area contributed by atoms with Gasteiger partial charge in [-0.05, 0) is 337 Å². The molecule has 1 aliphatic carbocycles. The highest BCUT2D eigenvalue weighted by molar-refractivity contribution is 5.15. The van der Waals surface area contributed by atoms with Gasteiger partial charge in [-0.3, -0.25) is 0 Å². The Kier molecular flexibility index (Phi) is 112. The summed E-state index contributed by atoms with van der Waals surface area (Å²) in [6, 6.07) is 11.6. The molecule has 6 unspecified atom stereocenters. The molecule has 6 atom stereocenters. The maximum Gasteiger partial charge on any atom is 0.0492 e. The monoisotopic (exact) mass is 1940 g/mol. The van der Waals surface area contributed by atoms with Gasteiger partial charge in [0.1, 0.15) is 0 Å². The van der Waals surface area contributed by atoms with Crippen LogP contribution in [-0.4, -0.2) is 102 Å². The smallest absolute Gasteiger partial charge is 0.0492 e. The Balaban J connectivity index is -0.000000161. The van der Waals surface area contributed by atoms with Crippen molar-refractivity contribution in [3.63, 3.8) is 0 Å². The van der Waals surface area contributed by atoms with Crippen LogP contribution in [0.3, 0.4) is 0 Å². The van der Waals surface area contributed by atoms with Gasteiger partial charge in [0, 0.05) is 66.4 Å². The van der Waals surface area contributed by atoms with Crippen molar-refractivity contribution in [1.29, 1.82) is 0 Å². The molecule has 1 saturated carbocycles. The Labute approximate surface area is 875 Å². The van der Waals surface area contributed by atoms with Crippen molar-refractivity contribution >= 4 is 0 Å². The van der Waals surface area contributed by atoms with Gasteiger partial charge in [-0.15, -0.1) is 0 Å². The minimum Gasteiger partial charge on any atom is -0.396 e. The maximum atomic E-state index is 9.01. The molecule has 0 aliphatic heterocycles. The highest BCUT2D eigenvalue weighted by atomic mass is 16.5. The molecule has 0 spiro atoms. The Bertz CT molecular complexity index is 2350. The molecule has 836 valence electrons. The van der Waals surface area contributed by atoms with Crippen LogP contribution in [0.5, 0.6) is 0 Å². The van der Waals surface area contributed by atoms with Crippen molar-refractivity contribution in [3.8, 4) is 0 Å². The van der Waals surface area contributed by atoms with E-state index in [-0.39, 0.29) is 0 Å². The van der Waals surface area contributed by atoms with Crippen LogP contribution in [0.2, 0.25) is 0 Å². The molecule has 2 rings (SSSR count). The summed E-state index contributed by atoms with van der Waals surface area (Å²) in [6.07, 6.45) is 33.7. The summed E-state index contributed by atoms with van der Waals surface area (Å²) in [6.45, 7) is 132. The average Bonchev–Trinajstić information content (AvgIpc) is 1.68. The second-order valence-electron chi connectivity index (χ2n) is 55.6. The van der Waals surface area contributed by atoms with Gasteiger partial charge in [0.2, 0.25) is 0 Å². The van der Waals surface area contributed by atoms with Crippen molar-refractivity contribution in [3.05, 3.63) is 35.9 Å². The fourth-order valence-electron chi connectivity index (χ4n) is 18.7. The molecule has 1 aromatic carbocycles. The van der Waals surface area contributed by atoms with Crippen LogP contribution in [0.1, 0.15) is 534 Å². The van der Waals surface area contributed by atoms with E-state index < -0.39 is 0 Å². The lowest BCUT2D eigenvalue weighted by atomic mass is 9.78. The molecule has 1 fully saturated rings. The lowest BCUT2D eigenvalue weighted by Crippen LogP contribution is -2.33. The van der Waals surface area contributed by atoms with Crippen LogP contribution < -0.4 is 0 Å². The number of aliphatic hydroxyl groups excluding tert-OH is 1. The first-order valence-corrected chi connectivity index (χ1v) is 59.4. The molecular formula is C131H278N2O4. The molecule has 0 saturated heterocycles. The molecule has 137 heavy (non-hydrogen) atoms. The maximum absolute atomic E-state index is 9.01. The number of benzene rings is 1. The minimum absolute atomic E-state index is 0.352. The Morgan fingerprint density at radius 3 is 0.964 bits per heavy atom. The molecule has 0 radical (unpaired) electrons. The van der Waals surface area contributed by atoms with Gasteiger partial charge in [0.15, 0.2) is 0 Å². The van der Waals surface area contributed by atoms with Gasteiger partial charge >= 0.3 is 0 Å². The summed E-state index contributed by atoms with van der Waals surface area (Å²) in [5.74, 6) is 25.5. The van der Waals surface area contributed by atoms with Gasteiger partial charge in [-0.1, -0.05) is 449 Å². The first kappa shape index (κ1) is 156. The molecule has 1 aliphatic rings. The number of hydrogen-bond acceptors (Lipinski definition) is 6. The van der Waals surface area contributed by atoms with E-state index in [1.807, 2.05) is 0 Å². The Morgan fingerprint density at radius 2 is 0.679 bits per heavy atom. The van der Waals surface area contributed by atoms with E-state index in [1.165, 1.54) is 186 Å². The number of rotatable bonds is 59. The van der Waals surface area contributed by atoms with Crippen LogP contribution >= 0.6 is 0 Å². The number of hydrogen-bond donors (Lipinski definition) is 1. The van der Waals surface area contributed by atoms with Crippen molar-refractivity contribution in [2.75, 3.05) is 81.0 Å². The summed E-state index contributed by atoms with van der Waals surface area (Å²) >= 11 is 0. The molecule has 0 aromatic heterocycles. The van der Waals surface area contributed by atoms with Crippen molar-refractivity contribution in [2.45, 2.75) is 540 Å². The second-order valence-corrected chi connectivity index (χ2v) is 55.6. The van der Waals surface area contributed by atoms with Gasteiger partial charge in [0.25, 0.3) is 0 Å². The molecule has 1 aromatic rings. The van der Waals surface area contributed by atoms with E-state index in [9.17, 15) is 0 Å². The van der Waals surface area contributed by atoms with Crippen molar-refractivity contribution in [2.24, 2.45) is 194 Å². The lowest BCUT2D eigenvalue weighted by Gasteiger charge is -2.28. The fourth-order valence-corrected chi connectivity index (χ4v) is 18.7. The number of methoxy groups -OCH3 is 2. The van der Waals surface area contributed by atoms with Crippen molar-refractivity contribution < 1.29 is 19.3 Å². The molecule has 0 bridgehead atoms. The van der Waals surface area contributed by atoms with Crippen molar-refractivity contribution in [1.82, 2.24) is 9.80 Å². The number of ether oxygens (including phenoxy) is 3. The number of nitrogens with zero attached hydrogens (tertiary/aromatic N) is 2. The Morgan fingerprint density at radius 1 is 0.336 bits per heavy atom. The lowest BCUT2D eigenvalue weighted by molar-refractivity contribution is 0.101. The molecule has 1 N–H and O–H groups in total. The molecule has 0 heterocycles. The summed E-state index contributed by atoms with van der Waals surface area (Å²) in [5, 5.41) is 9.01. The van der Waals surface area contributed by atoms with Crippen LogP contribution in [-0.2, 0) is 20.6 Å². The van der Waals surface area contributed by atoms with Gasteiger partial charge in [0.05, 0.1) is 0 Å². The third-order valence-corrected chi connectivity index (χ3v) is 26.0. The zero-order chi connectivity index (χ0) is 109. The topological polar surface area (TPSA) is 54.4 Å². The standard InChI is InChI=1S/C16H26.C12H26.C11H25N.2C11H24O.C11H22.C11H24.C10H23N.C10H22O.C10H22.C9H20O.C9H20/c1-13(2)10-16(11-14(3)4)12-15-8-6-5-7-9-15;1-10(2)7-8-12(5,6)9-11(3)4;1-9(2)7-11(5)12(6)8-10(3)4;2*1-9(2)6-7-11(8-12-5)10(3)4;1-8(2)5-6-10-7-11(10)9(3)4;1-9(2)7-11(5,6)8-10(3)4;1-9(2)6-7-11(5)8-10(3)4;1-8(2)5-6-10(7-11)9(3)4;1-8(2)6-10(5)7-9(3)4;1-8(2)5-6-10-7-9(3)4;1-8(2)6-5-7-9(3)4/h5-9,13-14,16H,10-12H2,1-4H3;10-11H,7-9H2,1-6H3;9-11H,7-8H2,1-6H3;2*9-11H,6-8H2,1-5H3;8-11H,5-7H2,1-4H3;9-10H,7-8H2,1-6H3;9-10H,6-8H2,1-5H3;8-11H,5-7H2,1-4H3;8-10H,6-7H2,1-5H3;8-9H,5-7H2,1-4H3;8-9H,5-7H2,1-4H3. The van der Waals surface area contributed by atoms with Gasteiger partial charge in [-0.2, -0.15) is 0 Å². The largest absolute Gasteiger partial charge is 0.396 e. The summed E-state index contributed by atoms with van der Waals surface area (Å²) in [7, 11) is 8.03. The molecule has 0 amide bonds. The zero-order valence-corrected chi connectivity index (χ0v) is 107. The van der Waals surface area contributed by atoms with Crippen LogP contribution in [0.4, 0.5) is 0 Å². The van der Waals surface area contributed by atoms with Crippen LogP contribution in [0.25, 0.3) is 0 Å². The summed E-state index contributed by atoms with van der Waals surface area (Å²) in [5.41, 5.74) is 2.59. The third kappa shape index (κ3) is 137. The van der Waals surface area contributed by atoms with Crippen LogP contribution in [0, 0.1) is 194 Å². The number of aliphatic hydroxyl groups is 1. The highest BCUT2D eigenvalue weighted by Crippen LogP contribution is 2.47. The van der Waals surface area contributed by atoms with E-state index in [0.717, 1.165) is 198 Å². The predicted molar refractivity (Wildman–Crippen MR) is 636 cm³/mol.